The molecule has 3 heteroatoms. The second kappa shape index (κ2) is 8.65. The van der Waals surface area contributed by atoms with Gasteiger partial charge in [0.05, 0.1) is 0 Å². The number of aliphatic carboxylic acids is 1. The number of hydrogen-bond acceptors (Lipinski definition) is 2. The molecule has 0 unspecified atom stereocenters. The lowest BCUT2D eigenvalue weighted by molar-refractivity contribution is -0.134. The van der Waals surface area contributed by atoms with Crippen LogP contribution in [0, 0.1) is 0 Å². The molecule has 0 saturated heterocycles. The molecule has 0 bridgehead atoms. The lowest BCUT2D eigenvalue weighted by Crippen LogP contribution is -1.78. The first-order valence-corrected chi connectivity index (χ1v) is 2.93. The van der Waals surface area contributed by atoms with Crippen molar-refractivity contribution in [3.05, 3.63) is 36.4 Å². The van der Waals surface area contributed by atoms with Crippen molar-refractivity contribution < 1.29 is 9.90 Å². The number of carboxylic acid groups (broad SMARTS) is 1. The summed E-state index contributed by atoms with van der Waals surface area (Å²) in [4.78, 5) is 9.00. The summed E-state index contributed by atoms with van der Waals surface area (Å²) in [7, 11) is 0. The third kappa shape index (κ3) is 17.7. The average Bonchev–Trinajstić information content (AvgIpc) is 1.90. The first kappa shape index (κ1) is 12.3. The largest absolute Gasteiger partial charge is 0.481 e. The van der Waals surface area contributed by atoms with E-state index in [9.17, 15) is 0 Å². The average molecular weight is 155 g/mol. The van der Waals surface area contributed by atoms with Gasteiger partial charge >= 0.3 is 0 Å². The molecule has 0 aliphatic carbocycles. The van der Waals surface area contributed by atoms with Crippen molar-refractivity contribution in [1.29, 1.82) is 0 Å². The van der Waals surface area contributed by atoms with Gasteiger partial charge in [0.15, 0.2) is 0 Å². The molecule has 0 radical (unpaired) electrons. The number of carboxylic acids is 1. The Kier molecular flexibility index (Phi) is 9.70. The summed E-state index contributed by atoms with van der Waals surface area (Å²) < 4.78 is 0. The summed E-state index contributed by atoms with van der Waals surface area (Å²) in [6.45, 7) is 1.08. The van der Waals surface area contributed by atoms with Gasteiger partial charge in [-0.1, -0.05) is 36.4 Å². The van der Waals surface area contributed by atoms with Crippen LogP contribution in [-0.4, -0.2) is 11.1 Å². The minimum Gasteiger partial charge on any atom is -0.481 e. The van der Waals surface area contributed by atoms with Crippen LogP contribution >= 0.6 is 0 Å². The van der Waals surface area contributed by atoms with E-state index in [0.29, 0.717) is 0 Å². The fourth-order valence-corrected chi connectivity index (χ4v) is 0.385. The van der Waals surface area contributed by atoms with Crippen molar-refractivity contribution >= 4 is 5.97 Å². The van der Waals surface area contributed by atoms with Gasteiger partial charge < -0.3 is 11.3 Å². The Morgan fingerprint density at radius 2 is 1.09 bits per heavy atom. The van der Waals surface area contributed by atoms with Gasteiger partial charge in [0.25, 0.3) is 5.97 Å². The van der Waals surface area contributed by atoms with Crippen LogP contribution in [-0.2, 0) is 4.79 Å². The summed E-state index contributed by atoms with van der Waals surface area (Å²) in [6, 6.07) is 12.0. The van der Waals surface area contributed by atoms with E-state index in [-0.39, 0.29) is 6.15 Å². The molecule has 1 aromatic carbocycles. The van der Waals surface area contributed by atoms with Crippen LogP contribution in [0.5, 0.6) is 0 Å². The molecule has 11 heavy (non-hydrogen) atoms. The Balaban J connectivity index is 0. The molecule has 62 valence electrons. The molecular weight excluding hydrogens is 142 g/mol. The molecule has 0 amide bonds. The number of rotatable bonds is 0. The maximum atomic E-state index is 9.00. The minimum absolute atomic E-state index is 0. The molecule has 3 nitrogen and oxygen atoms in total. The number of benzene rings is 1. The molecule has 0 aliphatic rings. The molecule has 0 saturated carbocycles. The van der Waals surface area contributed by atoms with E-state index >= 15 is 0 Å². The van der Waals surface area contributed by atoms with Crippen LogP contribution in [0.3, 0.4) is 0 Å². The van der Waals surface area contributed by atoms with Crippen LogP contribution in [0.25, 0.3) is 0 Å². The number of hydrogen-bond donors (Lipinski definition) is 2. The second-order valence-electron chi connectivity index (χ2n) is 1.67. The highest BCUT2D eigenvalue weighted by Gasteiger charge is 1.65. The predicted molar refractivity (Wildman–Crippen MR) is 44.8 cm³/mol. The minimum atomic E-state index is -0.833. The monoisotopic (exact) mass is 155 g/mol. The predicted octanol–water partition coefficient (Wildman–Crippen LogP) is 1.94. The van der Waals surface area contributed by atoms with Crippen molar-refractivity contribution in [3.63, 3.8) is 0 Å². The SMILES string of the molecule is CC(=O)O.N.c1ccccc1. The van der Waals surface area contributed by atoms with Crippen molar-refractivity contribution in [2.24, 2.45) is 0 Å². The van der Waals surface area contributed by atoms with E-state index in [4.69, 9.17) is 9.90 Å². The van der Waals surface area contributed by atoms with Gasteiger partial charge in [-0.3, -0.25) is 4.79 Å². The third-order valence-electron chi connectivity index (χ3n) is 0.667. The van der Waals surface area contributed by atoms with Crippen LogP contribution in [0.15, 0.2) is 36.4 Å². The Morgan fingerprint density at radius 3 is 1.18 bits per heavy atom. The van der Waals surface area contributed by atoms with Crippen molar-refractivity contribution in [1.82, 2.24) is 6.15 Å². The fraction of sp³-hybridized carbons (Fsp3) is 0.125. The van der Waals surface area contributed by atoms with E-state index in [0.717, 1.165) is 6.92 Å². The van der Waals surface area contributed by atoms with E-state index < -0.39 is 5.97 Å². The smallest absolute Gasteiger partial charge is 0.300 e. The maximum absolute atomic E-state index is 9.00. The molecular formula is C8H13NO2. The van der Waals surface area contributed by atoms with Crippen LogP contribution in [0.2, 0.25) is 0 Å². The highest BCUT2D eigenvalue weighted by Crippen LogP contribution is 1.79. The molecule has 1 aromatic rings. The van der Waals surface area contributed by atoms with Crippen molar-refractivity contribution in [2.75, 3.05) is 0 Å². The van der Waals surface area contributed by atoms with Gasteiger partial charge in [0, 0.05) is 6.92 Å². The standard InChI is InChI=1S/C6H6.C2H4O2.H3N/c1-2-4-6-5-3-1;1-2(3)4;/h1-6H;1H3,(H,3,4);1H3. The first-order chi connectivity index (χ1) is 4.73. The fourth-order valence-electron chi connectivity index (χ4n) is 0.385. The third-order valence-corrected chi connectivity index (χ3v) is 0.667. The van der Waals surface area contributed by atoms with E-state index in [1.807, 2.05) is 36.4 Å². The van der Waals surface area contributed by atoms with Gasteiger partial charge in [-0.2, -0.15) is 0 Å². The highest BCUT2D eigenvalue weighted by atomic mass is 16.4. The molecule has 4 N–H and O–H groups in total. The highest BCUT2D eigenvalue weighted by molar-refractivity contribution is 5.62. The maximum Gasteiger partial charge on any atom is 0.300 e. The summed E-state index contributed by atoms with van der Waals surface area (Å²) in [5.74, 6) is -0.833. The second-order valence-corrected chi connectivity index (χ2v) is 1.67. The van der Waals surface area contributed by atoms with Gasteiger partial charge in [-0.25, -0.2) is 0 Å². The molecule has 0 heterocycles. The normalized spacial score (nSPS) is 6.64. The zero-order valence-electron chi connectivity index (χ0n) is 6.53. The molecule has 0 atom stereocenters. The Hall–Kier alpha value is -1.35. The van der Waals surface area contributed by atoms with Crippen LogP contribution < -0.4 is 6.15 Å². The zero-order valence-corrected chi connectivity index (χ0v) is 6.53. The molecule has 0 spiro atoms. The van der Waals surface area contributed by atoms with Crippen LogP contribution in [0.1, 0.15) is 6.92 Å². The quantitative estimate of drug-likeness (QED) is 0.601. The van der Waals surface area contributed by atoms with E-state index in [2.05, 4.69) is 0 Å². The molecule has 0 aliphatic heterocycles. The topological polar surface area (TPSA) is 72.3 Å². The van der Waals surface area contributed by atoms with Gasteiger partial charge in [-0.15, -0.1) is 0 Å². The molecule has 1 rings (SSSR count). The summed E-state index contributed by atoms with van der Waals surface area (Å²) in [5, 5.41) is 7.42. The lowest BCUT2D eigenvalue weighted by atomic mass is 10.4. The van der Waals surface area contributed by atoms with Gasteiger partial charge in [0.2, 0.25) is 0 Å². The first-order valence-electron chi connectivity index (χ1n) is 2.93. The van der Waals surface area contributed by atoms with Crippen molar-refractivity contribution in [2.45, 2.75) is 6.92 Å². The van der Waals surface area contributed by atoms with Gasteiger partial charge in [0.1, 0.15) is 0 Å². The zero-order chi connectivity index (χ0) is 7.82. The number of carbonyl (C=O) groups is 1. The Bertz CT molecular complexity index is 144. The van der Waals surface area contributed by atoms with Crippen molar-refractivity contribution in [3.8, 4) is 0 Å². The summed E-state index contributed by atoms with van der Waals surface area (Å²) in [5.41, 5.74) is 0. The van der Waals surface area contributed by atoms with Gasteiger partial charge in [-0.05, 0) is 0 Å². The Labute approximate surface area is 66.3 Å². The summed E-state index contributed by atoms with van der Waals surface area (Å²) in [6.07, 6.45) is 0. The molecule has 0 aromatic heterocycles. The van der Waals surface area contributed by atoms with Crippen LogP contribution in [0.4, 0.5) is 0 Å². The Morgan fingerprint density at radius 1 is 1.00 bits per heavy atom. The lowest BCUT2D eigenvalue weighted by Gasteiger charge is -1.69. The van der Waals surface area contributed by atoms with E-state index in [1.54, 1.807) is 0 Å². The van der Waals surface area contributed by atoms with E-state index in [1.165, 1.54) is 0 Å². The molecule has 0 fully saturated rings. The summed E-state index contributed by atoms with van der Waals surface area (Å²) >= 11 is 0.